The van der Waals surface area contributed by atoms with Crippen molar-refractivity contribution in [3.05, 3.63) is 35.4 Å². The highest BCUT2D eigenvalue weighted by Gasteiger charge is 2.42. The molecule has 1 heterocycles. The van der Waals surface area contributed by atoms with Crippen LogP contribution in [-0.2, 0) is 16.4 Å². The maximum atomic E-state index is 11.3. The Kier molecular flexibility index (Phi) is 5.30. The van der Waals surface area contributed by atoms with Crippen LogP contribution in [0.4, 0.5) is 0 Å². The van der Waals surface area contributed by atoms with E-state index in [0.29, 0.717) is 30.3 Å². The molecule has 2 aliphatic carbocycles. The standard InChI is InChI=1S/C21H31N3O2S/c1-27(25,26)23-13-15-6-8-16(9-7-15)14-24-20-11-10-17-4-2-3-5-18(17)19(20)12-21(24)22/h2-5,15-16,19-20,22-23H,6-14H2,1H3/t15?,16?,19-,20+/m0/s1. The molecule has 1 saturated carbocycles. The van der Waals surface area contributed by atoms with E-state index in [9.17, 15) is 8.42 Å². The van der Waals surface area contributed by atoms with Gasteiger partial charge >= 0.3 is 0 Å². The van der Waals surface area contributed by atoms with Crippen LogP contribution < -0.4 is 4.72 Å². The van der Waals surface area contributed by atoms with Crippen molar-refractivity contribution in [2.45, 2.75) is 56.9 Å². The van der Waals surface area contributed by atoms with Crippen LogP contribution in [0.5, 0.6) is 0 Å². The largest absolute Gasteiger partial charge is 0.357 e. The number of fused-ring (bicyclic) bond motifs is 3. The summed E-state index contributed by atoms with van der Waals surface area (Å²) in [5.41, 5.74) is 2.95. The van der Waals surface area contributed by atoms with Crippen LogP contribution >= 0.6 is 0 Å². The quantitative estimate of drug-likeness (QED) is 0.813. The number of rotatable bonds is 5. The summed E-state index contributed by atoms with van der Waals surface area (Å²) in [5.74, 6) is 2.42. The molecule has 0 unspecified atom stereocenters. The molecule has 1 saturated heterocycles. The van der Waals surface area contributed by atoms with Crippen molar-refractivity contribution in [3.8, 4) is 0 Å². The van der Waals surface area contributed by atoms with Gasteiger partial charge in [0.25, 0.3) is 0 Å². The van der Waals surface area contributed by atoms with E-state index < -0.39 is 10.0 Å². The number of sulfonamides is 1. The lowest BCUT2D eigenvalue weighted by Gasteiger charge is -2.37. The van der Waals surface area contributed by atoms with Crippen molar-refractivity contribution >= 4 is 15.9 Å². The summed E-state index contributed by atoms with van der Waals surface area (Å²) >= 11 is 0. The van der Waals surface area contributed by atoms with Gasteiger partial charge in [-0.15, -0.1) is 0 Å². The molecule has 4 rings (SSSR count). The number of benzene rings is 1. The van der Waals surface area contributed by atoms with Crippen LogP contribution in [0.2, 0.25) is 0 Å². The Hall–Kier alpha value is -1.40. The van der Waals surface area contributed by atoms with E-state index in [1.54, 1.807) is 0 Å². The summed E-state index contributed by atoms with van der Waals surface area (Å²) in [6.45, 7) is 1.58. The molecule has 2 N–H and O–H groups in total. The van der Waals surface area contributed by atoms with E-state index in [1.807, 2.05) is 0 Å². The fourth-order valence-electron chi connectivity index (χ4n) is 5.39. The van der Waals surface area contributed by atoms with Crippen molar-refractivity contribution in [3.63, 3.8) is 0 Å². The number of nitrogens with zero attached hydrogens (tertiary/aromatic N) is 1. The first kappa shape index (κ1) is 18.9. The fourth-order valence-corrected chi connectivity index (χ4v) is 5.93. The Labute approximate surface area is 163 Å². The molecule has 0 bridgehead atoms. The molecule has 2 fully saturated rings. The third-order valence-electron chi connectivity index (χ3n) is 6.84. The number of hydrogen-bond acceptors (Lipinski definition) is 3. The predicted octanol–water partition coefficient (Wildman–Crippen LogP) is 3.12. The molecule has 1 aliphatic heterocycles. The topological polar surface area (TPSA) is 73.3 Å². The van der Waals surface area contributed by atoms with Gasteiger partial charge in [-0.05, 0) is 61.5 Å². The molecule has 1 aromatic rings. The number of nitrogens with one attached hydrogen (secondary N) is 2. The maximum Gasteiger partial charge on any atom is 0.208 e. The third-order valence-corrected chi connectivity index (χ3v) is 7.54. The summed E-state index contributed by atoms with van der Waals surface area (Å²) in [6, 6.07) is 9.29. The van der Waals surface area contributed by atoms with Gasteiger partial charge in [-0.25, -0.2) is 13.1 Å². The second kappa shape index (κ2) is 7.55. The number of likely N-dealkylation sites (tertiary alicyclic amines) is 1. The Morgan fingerprint density at radius 1 is 1.11 bits per heavy atom. The minimum Gasteiger partial charge on any atom is -0.357 e. The van der Waals surface area contributed by atoms with Crippen LogP contribution in [0.25, 0.3) is 0 Å². The zero-order chi connectivity index (χ0) is 19.0. The van der Waals surface area contributed by atoms with Crippen molar-refractivity contribution in [2.75, 3.05) is 19.3 Å². The van der Waals surface area contributed by atoms with Crippen LogP contribution in [0.1, 0.15) is 55.6 Å². The molecule has 148 valence electrons. The molecule has 5 nitrogen and oxygen atoms in total. The number of hydrogen-bond donors (Lipinski definition) is 2. The van der Waals surface area contributed by atoms with Crippen LogP contribution in [0.3, 0.4) is 0 Å². The van der Waals surface area contributed by atoms with Gasteiger partial charge < -0.3 is 4.90 Å². The molecule has 0 spiro atoms. The lowest BCUT2D eigenvalue weighted by Crippen LogP contribution is -2.41. The normalized spacial score (nSPS) is 30.9. The Balaban J connectivity index is 1.34. The van der Waals surface area contributed by atoms with Crippen LogP contribution in [-0.4, -0.2) is 44.5 Å². The highest BCUT2D eigenvalue weighted by molar-refractivity contribution is 7.88. The number of amidine groups is 1. The highest BCUT2D eigenvalue weighted by atomic mass is 32.2. The molecule has 6 heteroatoms. The monoisotopic (exact) mass is 389 g/mol. The van der Waals surface area contributed by atoms with E-state index in [-0.39, 0.29) is 0 Å². The minimum absolute atomic E-state index is 0.461. The second-order valence-corrected chi connectivity index (χ2v) is 10.6. The predicted molar refractivity (Wildman–Crippen MR) is 109 cm³/mol. The van der Waals surface area contributed by atoms with Crippen molar-refractivity contribution in [1.82, 2.24) is 9.62 Å². The molecule has 1 aromatic carbocycles. The minimum atomic E-state index is -3.09. The molecule has 0 amide bonds. The zero-order valence-corrected chi connectivity index (χ0v) is 17.0. The van der Waals surface area contributed by atoms with E-state index in [4.69, 9.17) is 5.41 Å². The van der Waals surface area contributed by atoms with Crippen molar-refractivity contribution in [1.29, 1.82) is 5.41 Å². The number of aryl methyl sites for hydroxylation is 1. The third kappa shape index (κ3) is 4.21. The lowest BCUT2D eigenvalue weighted by atomic mass is 9.79. The lowest BCUT2D eigenvalue weighted by molar-refractivity contribution is 0.197. The van der Waals surface area contributed by atoms with E-state index in [2.05, 4.69) is 33.9 Å². The van der Waals surface area contributed by atoms with Gasteiger partial charge in [0.2, 0.25) is 10.0 Å². The molecule has 2 atom stereocenters. The van der Waals surface area contributed by atoms with Crippen molar-refractivity contribution < 1.29 is 8.42 Å². The summed E-state index contributed by atoms with van der Waals surface area (Å²) in [6.07, 6.45) is 8.88. The Morgan fingerprint density at radius 2 is 1.81 bits per heavy atom. The SMILES string of the molecule is CS(=O)(=O)NCC1CCC(CN2C(=N)C[C@H]3c4ccccc4CC[C@H]32)CC1. The highest BCUT2D eigenvalue weighted by Crippen LogP contribution is 2.43. The van der Waals surface area contributed by atoms with Gasteiger partial charge in [0.15, 0.2) is 0 Å². The zero-order valence-electron chi connectivity index (χ0n) is 16.2. The molecule has 3 aliphatic rings. The molecular formula is C21H31N3O2S. The molecule has 27 heavy (non-hydrogen) atoms. The van der Waals surface area contributed by atoms with Gasteiger partial charge in [0, 0.05) is 31.5 Å². The molecule has 0 radical (unpaired) electrons. The summed E-state index contributed by atoms with van der Waals surface area (Å²) in [4.78, 5) is 2.40. The van der Waals surface area contributed by atoms with Gasteiger partial charge in [0.1, 0.15) is 0 Å². The van der Waals surface area contributed by atoms with E-state index in [1.165, 1.54) is 17.4 Å². The van der Waals surface area contributed by atoms with Gasteiger partial charge in [0.05, 0.1) is 12.1 Å². The van der Waals surface area contributed by atoms with E-state index >= 15 is 0 Å². The summed E-state index contributed by atoms with van der Waals surface area (Å²) in [5, 5.41) is 8.58. The fraction of sp³-hybridized carbons (Fsp3) is 0.667. The smallest absolute Gasteiger partial charge is 0.208 e. The first-order chi connectivity index (χ1) is 12.9. The van der Waals surface area contributed by atoms with Crippen LogP contribution in [0, 0.1) is 17.2 Å². The Bertz CT molecular complexity index is 799. The first-order valence-corrected chi connectivity index (χ1v) is 12.2. The second-order valence-electron chi connectivity index (χ2n) is 8.72. The van der Waals surface area contributed by atoms with Crippen LogP contribution in [0.15, 0.2) is 24.3 Å². The summed E-state index contributed by atoms with van der Waals surface area (Å²) in [7, 11) is -3.09. The molecule has 0 aromatic heterocycles. The molecular weight excluding hydrogens is 358 g/mol. The maximum absolute atomic E-state index is 11.3. The van der Waals surface area contributed by atoms with Crippen molar-refractivity contribution in [2.24, 2.45) is 11.8 Å². The van der Waals surface area contributed by atoms with E-state index in [0.717, 1.165) is 57.3 Å². The van der Waals surface area contributed by atoms with Gasteiger partial charge in [-0.2, -0.15) is 0 Å². The average molecular weight is 390 g/mol. The van der Waals surface area contributed by atoms with Gasteiger partial charge in [-0.3, -0.25) is 5.41 Å². The average Bonchev–Trinajstić information content (AvgIpc) is 2.96. The Morgan fingerprint density at radius 3 is 2.56 bits per heavy atom. The first-order valence-electron chi connectivity index (χ1n) is 10.3. The van der Waals surface area contributed by atoms with Gasteiger partial charge in [-0.1, -0.05) is 24.3 Å². The summed E-state index contributed by atoms with van der Waals surface area (Å²) < 4.78 is 25.2.